The van der Waals surface area contributed by atoms with Gasteiger partial charge in [-0.3, -0.25) is 0 Å². The Morgan fingerprint density at radius 2 is 1.83 bits per heavy atom. The van der Waals surface area contributed by atoms with Crippen LogP contribution in [0.2, 0.25) is 0 Å². The normalized spacial score (nSPS) is 14.9. The van der Waals surface area contributed by atoms with Gasteiger partial charge in [-0.25, -0.2) is 0 Å². The van der Waals surface area contributed by atoms with Gasteiger partial charge in [0, 0.05) is 5.92 Å². The molecule has 0 aromatic heterocycles. The van der Waals surface area contributed by atoms with Gasteiger partial charge in [0.25, 0.3) is 0 Å². The molecule has 0 aliphatic carbocycles. The molecule has 0 radical (unpaired) electrons. The molecule has 0 aliphatic rings. The summed E-state index contributed by atoms with van der Waals surface area (Å²) in [7, 11) is 1.64. The molecule has 0 unspecified atom stereocenters. The Morgan fingerprint density at radius 3 is 2.22 bits per heavy atom. The molecular weight excluding hydrogens is 224 g/mol. The molecule has 1 N–H and O–H groups in total. The summed E-state index contributed by atoms with van der Waals surface area (Å²) in [5.41, 5.74) is 1.08. The number of aliphatic hydroxyl groups excluding tert-OH is 1. The monoisotopic (exact) mass is 248 g/mol. The molecule has 0 fully saturated rings. The Balaban J connectivity index is 2.82. The first-order valence-corrected chi connectivity index (χ1v) is 6.32. The van der Waals surface area contributed by atoms with Crippen molar-refractivity contribution in [2.45, 2.75) is 33.3 Å². The molecule has 2 nitrogen and oxygen atoms in total. The standard InChI is InChI=1S/C16H24O2/c1-6-12(11-16(2,3)4)15(17)13-7-9-14(18-5)10-8-13/h6-10,12,15,17H,1,11H2,2-5H3/t12-,15+/m0/s1. The minimum Gasteiger partial charge on any atom is -0.497 e. The lowest BCUT2D eigenvalue weighted by Crippen LogP contribution is -2.18. The Morgan fingerprint density at radius 1 is 1.28 bits per heavy atom. The van der Waals surface area contributed by atoms with Crippen molar-refractivity contribution < 1.29 is 9.84 Å². The Hall–Kier alpha value is -1.28. The Bertz CT molecular complexity index is 373. The van der Waals surface area contributed by atoms with E-state index in [2.05, 4.69) is 27.4 Å². The van der Waals surface area contributed by atoms with Gasteiger partial charge in [-0.05, 0) is 29.5 Å². The van der Waals surface area contributed by atoms with Crippen LogP contribution in [0.25, 0.3) is 0 Å². The third-order valence-electron chi connectivity index (χ3n) is 3.01. The molecule has 2 heteroatoms. The molecule has 0 aliphatic heterocycles. The van der Waals surface area contributed by atoms with Crippen molar-refractivity contribution in [3.8, 4) is 5.75 Å². The summed E-state index contributed by atoms with van der Waals surface area (Å²) < 4.78 is 5.11. The van der Waals surface area contributed by atoms with Crippen molar-refractivity contribution in [1.82, 2.24) is 0 Å². The van der Waals surface area contributed by atoms with E-state index in [0.29, 0.717) is 0 Å². The van der Waals surface area contributed by atoms with Crippen molar-refractivity contribution in [3.63, 3.8) is 0 Å². The molecule has 0 heterocycles. The van der Waals surface area contributed by atoms with E-state index in [0.717, 1.165) is 17.7 Å². The molecule has 18 heavy (non-hydrogen) atoms. The molecular formula is C16H24O2. The smallest absolute Gasteiger partial charge is 0.118 e. The van der Waals surface area contributed by atoms with E-state index in [1.165, 1.54) is 0 Å². The molecule has 0 spiro atoms. The number of rotatable bonds is 5. The van der Waals surface area contributed by atoms with Crippen molar-refractivity contribution in [2.75, 3.05) is 7.11 Å². The molecule has 0 amide bonds. The summed E-state index contributed by atoms with van der Waals surface area (Å²) in [6.45, 7) is 10.4. The molecule has 0 bridgehead atoms. The molecule has 100 valence electrons. The quantitative estimate of drug-likeness (QED) is 0.799. The maximum absolute atomic E-state index is 10.4. The molecule has 1 aromatic rings. The lowest BCUT2D eigenvalue weighted by Gasteiger charge is -2.27. The van der Waals surface area contributed by atoms with Crippen LogP contribution in [0.3, 0.4) is 0 Å². The number of hydrogen-bond acceptors (Lipinski definition) is 2. The second-order valence-electron chi connectivity index (χ2n) is 5.88. The summed E-state index contributed by atoms with van der Waals surface area (Å²) in [5, 5.41) is 10.4. The van der Waals surface area contributed by atoms with Gasteiger partial charge in [-0.15, -0.1) is 6.58 Å². The summed E-state index contributed by atoms with van der Waals surface area (Å²) in [6.07, 6.45) is 2.25. The van der Waals surface area contributed by atoms with Gasteiger partial charge in [0.15, 0.2) is 0 Å². The first-order valence-electron chi connectivity index (χ1n) is 6.32. The first-order chi connectivity index (χ1) is 8.37. The van der Waals surface area contributed by atoms with Gasteiger partial charge < -0.3 is 9.84 Å². The highest BCUT2D eigenvalue weighted by Crippen LogP contribution is 2.33. The number of aliphatic hydroxyl groups is 1. The molecule has 0 saturated heterocycles. The largest absolute Gasteiger partial charge is 0.497 e. The fourth-order valence-electron chi connectivity index (χ4n) is 2.08. The topological polar surface area (TPSA) is 29.5 Å². The number of methoxy groups -OCH3 is 1. The molecule has 1 aromatic carbocycles. The number of hydrogen-bond donors (Lipinski definition) is 1. The van der Waals surface area contributed by atoms with E-state index < -0.39 is 6.10 Å². The van der Waals surface area contributed by atoms with Crippen LogP contribution in [0.15, 0.2) is 36.9 Å². The maximum atomic E-state index is 10.4. The predicted octanol–water partition coefficient (Wildman–Crippen LogP) is 3.97. The van der Waals surface area contributed by atoms with Gasteiger partial charge in [-0.1, -0.05) is 39.0 Å². The van der Waals surface area contributed by atoms with E-state index in [1.807, 2.05) is 30.3 Å². The van der Waals surface area contributed by atoms with Crippen LogP contribution in [0.1, 0.15) is 38.9 Å². The molecule has 0 saturated carbocycles. The highest BCUT2D eigenvalue weighted by atomic mass is 16.5. The highest BCUT2D eigenvalue weighted by Gasteiger charge is 2.23. The fourth-order valence-corrected chi connectivity index (χ4v) is 2.08. The van der Waals surface area contributed by atoms with Crippen LogP contribution in [-0.2, 0) is 0 Å². The van der Waals surface area contributed by atoms with Crippen LogP contribution < -0.4 is 4.74 Å². The predicted molar refractivity (Wildman–Crippen MR) is 75.7 cm³/mol. The minimum atomic E-state index is -0.507. The van der Waals surface area contributed by atoms with Crippen LogP contribution in [0.5, 0.6) is 5.75 Å². The number of ether oxygens (including phenoxy) is 1. The highest BCUT2D eigenvalue weighted by molar-refractivity contribution is 5.29. The average molecular weight is 248 g/mol. The van der Waals surface area contributed by atoms with Gasteiger partial charge in [0.2, 0.25) is 0 Å². The lowest BCUT2D eigenvalue weighted by atomic mass is 9.80. The molecule has 2 atom stereocenters. The fraction of sp³-hybridized carbons (Fsp3) is 0.500. The molecule has 1 rings (SSSR count). The van der Waals surface area contributed by atoms with E-state index in [-0.39, 0.29) is 11.3 Å². The van der Waals surface area contributed by atoms with Crippen molar-refractivity contribution in [2.24, 2.45) is 11.3 Å². The second-order valence-corrected chi connectivity index (χ2v) is 5.88. The van der Waals surface area contributed by atoms with Gasteiger partial charge >= 0.3 is 0 Å². The zero-order valence-electron chi connectivity index (χ0n) is 11.8. The summed E-state index contributed by atoms with van der Waals surface area (Å²) in [6, 6.07) is 7.55. The third-order valence-corrected chi connectivity index (χ3v) is 3.01. The van der Waals surface area contributed by atoms with Crippen LogP contribution in [-0.4, -0.2) is 12.2 Å². The van der Waals surface area contributed by atoms with Crippen LogP contribution >= 0.6 is 0 Å². The lowest BCUT2D eigenvalue weighted by molar-refractivity contribution is 0.106. The first kappa shape index (κ1) is 14.8. The van der Waals surface area contributed by atoms with Crippen molar-refractivity contribution >= 4 is 0 Å². The Kier molecular flexibility index (Phi) is 4.97. The summed E-state index contributed by atoms with van der Waals surface area (Å²) >= 11 is 0. The SMILES string of the molecule is C=C[C@@H](CC(C)(C)C)[C@@H](O)c1ccc(OC)cc1. The van der Waals surface area contributed by atoms with E-state index in [4.69, 9.17) is 4.74 Å². The van der Waals surface area contributed by atoms with E-state index in [1.54, 1.807) is 7.11 Å². The second kappa shape index (κ2) is 6.05. The minimum absolute atomic E-state index is 0.0680. The third kappa shape index (κ3) is 4.19. The Labute approximate surface area is 110 Å². The average Bonchev–Trinajstić information content (AvgIpc) is 2.34. The van der Waals surface area contributed by atoms with Crippen LogP contribution in [0.4, 0.5) is 0 Å². The maximum Gasteiger partial charge on any atom is 0.118 e. The van der Waals surface area contributed by atoms with Crippen molar-refractivity contribution in [1.29, 1.82) is 0 Å². The number of benzene rings is 1. The van der Waals surface area contributed by atoms with Gasteiger partial charge in [-0.2, -0.15) is 0 Å². The zero-order chi connectivity index (χ0) is 13.8. The summed E-state index contributed by atoms with van der Waals surface area (Å²) in [5.74, 6) is 0.871. The van der Waals surface area contributed by atoms with Crippen LogP contribution in [0, 0.1) is 11.3 Å². The zero-order valence-corrected chi connectivity index (χ0v) is 11.8. The van der Waals surface area contributed by atoms with E-state index in [9.17, 15) is 5.11 Å². The van der Waals surface area contributed by atoms with Gasteiger partial charge in [0.05, 0.1) is 13.2 Å². The van der Waals surface area contributed by atoms with E-state index >= 15 is 0 Å². The van der Waals surface area contributed by atoms with Crippen molar-refractivity contribution in [3.05, 3.63) is 42.5 Å². The summed E-state index contributed by atoms with van der Waals surface area (Å²) in [4.78, 5) is 0. The van der Waals surface area contributed by atoms with Gasteiger partial charge in [0.1, 0.15) is 5.75 Å².